The number of hydrogen-bond donors (Lipinski definition) is 1. The molecule has 22 heavy (non-hydrogen) atoms. The van der Waals surface area contributed by atoms with E-state index < -0.39 is 0 Å². The lowest BCUT2D eigenvalue weighted by molar-refractivity contribution is -0.116. The van der Waals surface area contributed by atoms with Crippen molar-refractivity contribution in [2.24, 2.45) is 0 Å². The molecule has 5 nitrogen and oxygen atoms in total. The topological polar surface area (TPSA) is 60.3 Å². The summed E-state index contributed by atoms with van der Waals surface area (Å²) >= 11 is 1.23. The monoisotopic (exact) mass is 314 g/mol. The number of para-hydroxylation sites is 1. The van der Waals surface area contributed by atoms with E-state index in [1.165, 1.54) is 15.5 Å². The van der Waals surface area contributed by atoms with Gasteiger partial charge in [-0.15, -0.1) is 0 Å². The number of amides is 1. The molecule has 0 atom stereocenters. The minimum Gasteiger partial charge on any atom is -0.495 e. The van der Waals surface area contributed by atoms with Gasteiger partial charge < -0.3 is 10.1 Å². The zero-order chi connectivity index (χ0) is 15.5. The van der Waals surface area contributed by atoms with E-state index in [2.05, 4.69) is 5.32 Å². The molecule has 3 rings (SSSR count). The van der Waals surface area contributed by atoms with Crippen molar-refractivity contribution in [2.45, 2.75) is 6.54 Å². The maximum atomic E-state index is 12.3. The van der Waals surface area contributed by atoms with Crippen LogP contribution in [-0.4, -0.2) is 17.0 Å². The molecule has 0 fully saturated rings. The smallest absolute Gasteiger partial charge is 0.269 e. The molecule has 1 heterocycles. The van der Waals surface area contributed by atoms with Crippen LogP contribution in [0.5, 0.6) is 5.75 Å². The third-order valence-corrected chi connectivity index (χ3v) is 4.32. The highest BCUT2D eigenvalue weighted by atomic mass is 32.1. The third kappa shape index (κ3) is 2.73. The molecule has 3 aromatic rings. The molecule has 1 amide bonds. The fraction of sp³-hybridized carbons (Fsp3) is 0.125. The van der Waals surface area contributed by atoms with Gasteiger partial charge in [0.1, 0.15) is 12.3 Å². The number of ether oxygens (including phenoxy) is 1. The molecule has 0 spiro atoms. The second kappa shape index (κ2) is 6.03. The Morgan fingerprint density at radius 2 is 1.95 bits per heavy atom. The summed E-state index contributed by atoms with van der Waals surface area (Å²) in [6, 6.07) is 14.5. The molecule has 0 aliphatic heterocycles. The van der Waals surface area contributed by atoms with Gasteiger partial charge in [0.25, 0.3) is 5.56 Å². The van der Waals surface area contributed by atoms with Crippen molar-refractivity contribution in [2.75, 3.05) is 12.4 Å². The maximum absolute atomic E-state index is 12.3. The van der Waals surface area contributed by atoms with E-state index in [1.807, 2.05) is 18.2 Å². The number of methoxy groups -OCH3 is 1. The highest BCUT2D eigenvalue weighted by molar-refractivity contribution is 7.14. The van der Waals surface area contributed by atoms with Gasteiger partial charge in [0, 0.05) is 5.69 Å². The number of benzene rings is 2. The van der Waals surface area contributed by atoms with Gasteiger partial charge in [-0.3, -0.25) is 13.5 Å². The van der Waals surface area contributed by atoms with Crippen LogP contribution in [0, 0.1) is 0 Å². The molecule has 0 aliphatic rings. The van der Waals surface area contributed by atoms with Crippen LogP contribution in [0.15, 0.2) is 53.3 Å². The van der Waals surface area contributed by atoms with E-state index in [4.69, 9.17) is 4.74 Å². The van der Waals surface area contributed by atoms with E-state index >= 15 is 0 Å². The van der Waals surface area contributed by atoms with Gasteiger partial charge in [-0.2, -0.15) is 0 Å². The van der Waals surface area contributed by atoms with Gasteiger partial charge in [-0.1, -0.05) is 35.8 Å². The third-order valence-electron chi connectivity index (χ3n) is 3.20. The molecule has 0 saturated heterocycles. The van der Waals surface area contributed by atoms with Crippen molar-refractivity contribution in [3.8, 4) is 5.75 Å². The van der Waals surface area contributed by atoms with Gasteiger partial charge in [0.15, 0.2) is 0 Å². The average Bonchev–Trinajstić information content (AvgIpc) is 2.84. The van der Waals surface area contributed by atoms with E-state index in [0.717, 1.165) is 4.70 Å². The van der Waals surface area contributed by atoms with Crippen molar-refractivity contribution >= 4 is 33.2 Å². The molecule has 0 bridgehead atoms. The van der Waals surface area contributed by atoms with Crippen LogP contribution in [0.2, 0.25) is 0 Å². The van der Waals surface area contributed by atoms with Crippen LogP contribution < -0.4 is 15.6 Å². The predicted octanol–water partition coefficient (Wildman–Crippen LogP) is 2.71. The van der Waals surface area contributed by atoms with Crippen LogP contribution in [0.4, 0.5) is 5.69 Å². The van der Waals surface area contributed by atoms with Crippen LogP contribution in [0.1, 0.15) is 0 Å². The Bertz CT molecular complexity index is 868. The van der Waals surface area contributed by atoms with E-state index in [1.54, 1.807) is 37.4 Å². The fourth-order valence-corrected chi connectivity index (χ4v) is 3.26. The quantitative estimate of drug-likeness (QED) is 0.805. The zero-order valence-corrected chi connectivity index (χ0v) is 12.7. The predicted molar refractivity (Wildman–Crippen MR) is 87.7 cm³/mol. The zero-order valence-electron chi connectivity index (χ0n) is 11.9. The second-order valence-corrected chi connectivity index (χ2v) is 5.72. The highest BCUT2D eigenvalue weighted by Crippen LogP contribution is 2.27. The Kier molecular flexibility index (Phi) is 3.93. The summed E-state index contributed by atoms with van der Waals surface area (Å²) in [5.74, 6) is 0.403. The first-order valence-electron chi connectivity index (χ1n) is 6.71. The summed E-state index contributed by atoms with van der Waals surface area (Å²) < 4.78 is 7.44. The van der Waals surface area contributed by atoms with Crippen LogP contribution in [0.25, 0.3) is 10.1 Å². The standard InChI is InChI=1S/C16H14N2O3S/c1-21-13-9-5-8-12-15(13)22-18(16(12)20)10-14(19)17-11-6-3-2-4-7-11/h2-9H,10H2,1H3,(H,17,19). The Hall–Kier alpha value is -2.60. The van der Waals surface area contributed by atoms with Crippen molar-refractivity contribution < 1.29 is 9.53 Å². The highest BCUT2D eigenvalue weighted by Gasteiger charge is 2.13. The molecular weight excluding hydrogens is 300 g/mol. The van der Waals surface area contributed by atoms with Gasteiger partial charge in [0.2, 0.25) is 5.91 Å². The molecule has 0 unspecified atom stereocenters. The van der Waals surface area contributed by atoms with Crippen LogP contribution >= 0.6 is 11.5 Å². The summed E-state index contributed by atoms with van der Waals surface area (Å²) in [4.78, 5) is 24.4. The molecule has 0 aliphatic carbocycles. The average molecular weight is 314 g/mol. The minimum absolute atomic E-state index is 0.0176. The summed E-state index contributed by atoms with van der Waals surface area (Å²) in [5.41, 5.74) is 0.529. The van der Waals surface area contributed by atoms with Gasteiger partial charge >= 0.3 is 0 Å². The van der Waals surface area contributed by atoms with Gasteiger partial charge in [-0.25, -0.2) is 0 Å². The Morgan fingerprint density at radius 3 is 2.68 bits per heavy atom. The number of carbonyl (C=O) groups is 1. The fourth-order valence-electron chi connectivity index (χ4n) is 2.18. The lowest BCUT2D eigenvalue weighted by Gasteiger charge is -2.04. The number of nitrogens with zero attached hydrogens (tertiary/aromatic N) is 1. The molecular formula is C16H14N2O3S. The van der Waals surface area contributed by atoms with Gasteiger partial charge in [-0.05, 0) is 24.3 Å². The number of nitrogens with one attached hydrogen (secondary N) is 1. The van der Waals surface area contributed by atoms with Crippen LogP contribution in [-0.2, 0) is 11.3 Å². The normalized spacial score (nSPS) is 10.6. The molecule has 0 radical (unpaired) electrons. The Morgan fingerprint density at radius 1 is 1.18 bits per heavy atom. The van der Waals surface area contributed by atoms with Crippen molar-refractivity contribution in [3.63, 3.8) is 0 Å². The molecule has 6 heteroatoms. The number of aromatic nitrogens is 1. The summed E-state index contributed by atoms with van der Waals surface area (Å²) in [6.45, 7) is -0.0176. The summed E-state index contributed by atoms with van der Waals surface area (Å²) in [6.07, 6.45) is 0. The summed E-state index contributed by atoms with van der Waals surface area (Å²) in [5, 5.41) is 3.33. The van der Waals surface area contributed by atoms with E-state index in [9.17, 15) is 9.59 Å². The number of rotatable bonds is 4. The van der Waals surface area contributed by atoms with Crippen molar-refractivity contribution in [1.29, 1.82) is 0 Å². The van der Waals surface area contributed by atoms with Crippen LogP contribution in [0.3, 0.4) is 0 Å². The number of carbonyl (C=O) groups excluding carboxylic acids is 1. The largest absolute Gasteiger partial charge is 0.495 e. The maximum Gasteiger partial charge on any atom is 0.269 e. The number of fused-ring (bicyclic) bond motifs is 1. The molecule has 112 valence electrons. The van der Waals surface area contributed by atoms with E-state index in [-0.39, 0.29) is 18.0 Å². The van der Waals surface area contributed by atoms with Gasteiger partial charge in [0.05, 0.1) is 17.2 Å². The second-order valence-electron chi connectivity index (χ2n) is 4.68. The lowest BCUT2D eigenvalue weighted by atomic mass is 10.2. The molecule has 2 aromatic carbocycles. The van der Waals surface area contributed by atoms with Crippen molar-refractivity contribution in [3.05, 3.63) is 58.9 Å². The Balaban J connectivity index is 1.86. The lowest BCUT2D eigenvalue weighted by Crippen LogP contribution is -2.23. The minimum atomic E-state index is -0.237. The molecule has 1 aromatic heterocycles. The SMILES string of the molecule is COc1cccc2c(=O)n(CC(=O)Nc3ccccc3)sc12. The number of anilines is 1. The number of hydrogen-bond acceptors (Lipinski definition) is 4. The first-order valence-corrected chi connectivity index (χ1v) is 7.48. The first-order chi connectivity index (χ1) is 10.7. The summed E-state index contributed by atoms with van der Waals surface area (Å²) in [7, 11) is 1.56. The Labute approximate surface area is 130 Å². The van der Waals surface area contributed by atoms with E-state index in [0.29, 0.717) is 16.8 Å². The first kappa shape index (κ1) is 14.3. The molecule has 1 N–H and O–H groups in total. The molecule has 0 saturated carbocycles. The van der Waals surface area contributed by atoms with Crippen molar-refractivity contribution in [1.82, 2.24) is 3.96 Å².